The summed E-state index contributed by atoms with van der Waals surface area (Å²) in [6.45, 7) is 3.91. The van der Waals surface area contributed by atoms with Crippen molar-refractivity contribution in [3.05, 3.63) is 35.0 Å². The molecule has 0 radical (unpaired) electrons. The van der Waals surface area contributed by atoms with E-state index in [1.807, 2.05) is 6.92 Å². The number of nitrogens with one attached hydrogen (secondary N) is 1. The Morgan fingerprint density at radius 2 is 2.15 bits per heavy atom. The Morgan fingerprint density at radius 3 is 2.76 bits per heavy atom. The molecular weight excluding hydrogens is 446 g/mol. The fraction of sp³-hybridized carbons (Fsp3) is 0.476. The van der Waals surface area contributed by atoms with Crippen molar-refractivity contribution in [3.63, 3.8) is 0 Å². The van der Waals surface area contributed by atoms with E-state index in [-0.39, 0.29) is 24.1 Å². The van der Waals surface area contributed by atoms with Gasteiger partial charge in [-0.25, -0.2) is 9.37 Å². The zero-order valence-corrected chi connectivity index (χ0v) is 18.4. The average molecular weight is 471 g/mol. The number of aryl methyl sites for hydroxylation is 1. The SMILES string of the molecule is CCN(c1ncc(C(F)(F)F)c(NC)n1)c1cc(C)c(C2CN(C=O)CCO2)cc1OCF. The van der Waals surface area contributed by atoms with Crippen LogP contribution in [0.2, 0.25) is 0 Å². The Hall–Kier alpha value is -3.15. The fourth-order valence-corrected chi connectivity index (χ4v) is 3.69. The van der Waals surface area contributed by atoms with Gasteiger partial charge in [-0.2, -0.15) is 18.2 Å². The predicted octanol–water partition coefficient (Wildman–Crippen LogP) is 3.84. The second-order valence-electron chi connectivity index (χ2n) is 7.31. The zero-order valence-electron chi connectivity index (χ0n) is 18.4. The summed E-state index contributed by atoms with van der Waals surface area (Å²) in [6, 6.07) is 3.34. The van der Waals surface area contributed by atoms with Gasteiger partial charge in [0.25, 0.3) is 0 Å². The second-order valence-corrected chi connectivity index (χ2v) is 7.31. The van der Waals surface area contributed by atoms with Crippen LogP contribution in [0.15, 0.2) is 18.3 Å². The summed E-state index contributed by atoms with van der Waals surface area (Å²) in [4.78, 5) is 22.2. The van der Waals surface area contributed by atoms with Gasteiger partial charge >= 0.3 is 6.18 Å². The van der Waals surface area contributed by atoms with Gasteiger partial charge in [-0.3, -0.25) is 4.79 Å². The fourth-order valence-electron chi connectivity index (χ4n) is 3.69. The third kappa shape index (κ3) is 5.27. The molecule has 1 aromatic carbocycles. The topological polar surface area (TPSA) is 79.8 Å². The highest BCUT2D eigenvalue weighted by atomic mass is 19.4. The van der Waals surface area contributed by atoms with Crippen molar-refractivity contribution in [1.29, 1.82) is 0 Å². The molecule has 0 aliphatic carbocycles. The maximum absolute atomic E-state index is 13.2. The van der Waals surface area contributed by atoms with E-state index in [4.69, 9.17) is 9.47 Å². The van der Waals surface area contributed by atoms with Crippen molar-refractivity contribution in [2.24, 2.45) is 0 Å². The predicted molar refractivity (Wildman–Crippen MR) is 113 cm³/mol. The zero-order chi connectivity index (χ0) is 24.2. The van der Waals surface area contributed by atoms with Crippen LogP contribution in [-0.2, 0) is 15.7 Å². The van der Waals surface area contributed by atoms with E-state index in [9.17, 15) is 22.4 Å². The minimum absolute atomic E-state index is 0.00763. The van der Waals surface area contributed by atoms with Gasteiger partial charge in [-0.1, -0.05) is 0 Å². The summed E-state index contributed by atoms with van der Waals surface area (Å²) < 4.78 is 63.9. The number of hydrogen-bond donors (Lipinski definition) is 1. The number of halogens is 4. The minimum atomic E-state index is -4.62. The van der Waals surface area contributed by atoms with Crippen molar-refractivity contribution < 1.29 is 31.8 Å². The van der Waals surface area contributed by atoms with Crippen molar-refractivity contribution in [3.8, 4) is 5.75 Å². The molecule has 0 saturated carbocycles. The number of benzene rings is 1. The molecule has 0 bridgehead atoms. The van der Waals surface area contributed by atoms with Gasteiger partial charge in [-0.15, -0.1) is 0 Å². The smallest absolute Gasteiger partial charge is 0.421 e. The van der Waals surface area contributed by atoms with E-state index in [1.165, 1.54) is 11.9 Å². The second kappa shape index (κ2) is 10.2. The van der Waals surface area contributed by atoms with Crippen LogP contribution < -0.4 is 15.0 Å². The van der Waals surface area contributed by atoms with E-state index < -0.39 is 24.7 Å². The van der Waals surface area contributed by atoms with E-state index in [2.05, 4.69) is 15.3 Å². The molecule has 1 N–H and O–H groups in total. The Morgan fingerprint density at radius 1 is 1.39 bits per heavy atom. The van der Waals surface area contributed by atoms with E-state index in [0.29, 0.717) is 37.1 Å². The van der Waals surface area contributed by atoms with Crippen LogP contribution in [0, 0.1) is 6.92 Å². The number of hydrogen-bond acceptors (Lipinski definition) is 7. The third-order valence-electron chi connectivity index (χ3n) is 5.32. The molecule has 0 spiro atoms. The van der Waals surface area contributed by atoms with Gasteiger partial charge in [0.1, 0.15) is 23.2 Å². The number of amides is 1. The van der Waals surface area contributed by atoms with Gasteiger partial charge in [-0.05, 0) is 37.1 Å². The van der Waals surface area contributed by atoms with Crippen LogP contribution in [-0.4, -0.2) is 61.4 Å². The quantitative estimate of drug-likeness (QED) is 0.463. The largest absolute Gasteiger partial charge is 0.461 e. The van der Waals surface area contributed by atoms with Crippen molar-refractivity contribution >= 4 is 23.9 Å². The molecular formula is C21H25F4N5O3. The van der Waals surface area contributed by atoms with Crippen LogP contribution in [0.25, 0.3) is 0 Å². The van der Waals surface area contributed by atoms with Crippen LogP contribution in [0.4, 0.5) is 35.0 Å². The molecule has 1 saturated heterocycles. The number of rotatable bonds is 8. The normalized spacial score (nSPS) is 16.5. The summed E-state index contributed by atoms with van der Waals surface area (Å²) in [5.41, 5.74) is 0.884. The van der Waals surface area contributed by atoms with Gasteiger partial charge in [0.2, 0.25) is 19.2 Å². The molecule has 1 amide bonds. The summed E-state index contributed by atoms with van der Waals surface area (Å²) in [6.07, 6.45) is -3.59. The number of anilines is 3. The average Bonchev–Trinajstić information content (AvgIpc) is 2.80. The first-order chi connectivity index (χ1) is 15.7. The summed E-state index contributed by atoms with van der Waals surface area (Å²) in [5, 5.41) is 2.45. The summed E-state index contributed by atoms with van der Waals surface area (Å²) in [7, 11) is 1.33. The lowest BCUT2D eigenvalue weighted by Gasteiger charge is -2.32. The van der Waals surface area contributed by atoms with E-state index in [1.54, 1.807) is 24.0 Å². The van der Waals surface area contributed by atoms with Crippen molar-refractivity contribution in [2.75, 3.05) is 50.4 Å². The van der Waals surface area contributed by atoms with E-state index >= 15 is 0 Å². The number of aromatic nitrogens is 2. The van der Waals surface area contributed by atoms with Crippen LogP contribution in [0.3, 0.4) is 0 Å². The number of carbonyl (C=O) groups is 1. The Labute approximate surface area is 188 Å². The third-order valence-corrected chi connectivity index (χ3v) is 5.32. The molecule has 1 aliphatic heterocycles. The molecule has 180 valence electrons. The van der Waals surface area contributed by atoms with Crippen LogP contribution in [0.5, 0.6) is 5.75 Å². The lowest BCUT2D eigenvalue weighted by molar-refractivity contribution is -0.137. The first kappa shape index (κ1) is 24.5. The maximum Gasteiger partial charge on any atom is 0.421 e. The van der Waals surface area contributed by atoms with Gasteiger partial charge in [0, 0.05) is 26.3 Å². The Kier molecular flexibility index (Phi) is 7.57. The molecule has 2 aromatic rings. The summed E-state index contributed by atoms with van der Waals surface area (Å²) in [5.74, 6) is -0.232. The van der Waals surface area contributed by atoms with Crippen molar-refractivity contribution in [2.45, 2.75) is 26.1 Å². The molecule has 1 fully saturated rings. The molecule has 33 heavy (non-hydrogen) atoms. The highest BCUT2D eigenvalue weighted by Crippen LogP contribution is 2.40. The minimum Gasteiger partial charge on any atom is -0.461 e. The molecule has 3 rings (SSSR count). The maximum atomic E-state index is 13.2. The number of ether oxygens (including phenoxy) is 2. The Balaban J connectivity index is 2.04. The van der Waals surface area contributed by atoms with Crippen LogP contribution in [0.1, 0.15) is 29.7 Å². The molecule has 1 unspecified atom stereocenters. The van der Waals surface area contributed by atoms with Gasteiger partial charge in [0.15, 0.2) is 0 Å². The number of alkyl halides is 4. The first-order valence-corrected chi connectivity index (χ1v) is 10.3. The highest BCUT2D eigenvalue weighted by molar-refractivity contribution is 5.69. The van der Waals surface area contributed by atoms with Gasteiger partial charge in [0.05, 0.1) is 18.8 Å². The summed E-state index contributed by atoms with van der Waals surface area (Å²) >= 11 is 0. The van der Waals surface area contributed by atoms with Crippen molar-refractivity contribution in [1.82, 2.24) is 14.9 Å². The van der Waals surface area contributed by atoms with Crippen LogP contribution >= 0.6 is 0 Å². The molecule has 1 atom stereocenters. The molecule has 1 aromatic heterocycles. The molecule has 1 aliphatic rings. The molecule has 2 heterocycles. The lowest BCUT2D eigenvalue weighted by Crippen LogP contribution is -2.37. The highest BCUT2D eigenvalue weighted by Gasteiger charge is 2.35. The first-order valence-electron chi connectivity index (χ1n) is 10.3. The lowest BCUT2D eigenvalue weighted by atomic mass is 10.00. The number of nitrogens with zero attached hydrogens (tertiary/aromatic N) is 4. The van der Waals surface area contributed by atoms with Gasteiger partial charge < -0.3 is 24.6 Å². The Bertz CT molecular complexity index is 989. The number of carbonyl (C=O) groups excluding carboxylic acids is 1. The van der Waals surface area contributed by atoms with E-state index in [0.717, 1.165) is 12.0 Å². The number of morpholine rings is 1. The monoisotopic (exact) mass is 471 g/mol. The molecule has 12 heteroatoms. The standard InChI is InChI=1S/C21H25F4N5O3/c1-4-30(20-27-9-15(21(23,24)25)19(26-3)28-20)16-7-13(2)14(8-17(16)33-11-22)18-10-29(12-31)5-6-32-18/h7-9,12,18H,4-6,10-11H2,1-3H3,(H,26,27,28). The molecule has 8 nitrogen and oxygen atoms in total.